The van der Waals surface area contributed by atoms with Crippen LogP contribution in [0.2, 0.25) is 5.02 Å². The summed E-state index contributed by atoms with van der Waals surface area (Å²) < 4.78 is 2.25. The summed E-state index contributed by atoms with van der Waals surface area (Å²) in [6.07, 6.45) is 8.49. The third-order valence-corrected chi connectivity index (χ3v) is 4.07. The largest absolute Gasteiger partial charge is 0.483 e. The van der Waals surface area contributed by atoms with E-state index >= 15 is 0 Å². The quantitative estimate of drug-likeness (QED) is 0.879. The van der Waals surface area contributed by atoms with E-state index in [0.29, 0.717) is 11.1 Å². The van der Waals surface area contributed by atoms with Crippen LogP contribution in [0.15, 0.2) is 30.9 Å². The third-order valence-electron chi connectivity index (χ3n) is 3.77. The summed E-state index contributed by atoms with van der Waals surface area (Å²) >= 11 is 6.22. The van der Waals surface area contributed by atoms with E-state index in [1.54, 1.807) is 12.4 Å². The zero-order valence-corrected chi connectivity index (χ0v) is 13.1. The molecule has 0 aromatic carbocycles. The van der Waals surface area contributed by atoms with Crippen LogP contribution in [0.4, 0.5) is 0 Å². The molecule has 3 rings (SSSR count). The van der Waals surface area contributed by atoms with Crippen LogP contribution in [0.5, 0.6) is 0 Å². The first-order valence-corrected chi connectivity index (χ1v) is 7.52. The molecule has 6 nitrogen and oxygen atoms in total. The first-order valence-electron chi connectivity index (χ1n) is 7.14. The molecule has 22 heavy (non-hydrogen) atoms. The van der Waals surface area contributed by atoms with Gasteiger partial charge in [0.05, 0.1) is 5.02 Å². The van der Waals surface area contributed by atoms with E-state index in [1.807, 2.05) is 12.3 Å². The van der Waals surface area contributed by atoms with E-state index in [4.69, 9.17) is 21.5 Å². The van der Waals surface area contributed by atoms with Gasteiger partial charge < -0.3 is 14.6 Å². The van der Waals surface area contributed by atoms with Crippen LogP contribution in [0.1, 0.15) is 19.4 Å². The van der Waals surface area contributed by atoms with Crippen LogP contribution in [0.25, 0.3) is 11.4 Å². The van der Waals surface area contributed by atoms with Crippen LogP contribution in [-0.2, 0) is 4.79 Å². The van der Waals surface area contributed by atoms with Crippen molar-refractivity contribution in [3.63, 3.8) is 0 Å². The predicted octanol–water partition coefficient (Wildman–Crippen LogP) is 2.57. The van der Waals surface area contributed by atoms with Gasteiger partial charge in [0.15, 0.2) is 0 Å². The van der Waals surface area contributed by atoms with Crippen molar-refractivity contribution < 1.29 is 9.90 Å². The summed E-state index contributed by atoms with van der Waals surface area (Å²) in [6, 6.07) is 2.41. The summed E-state index contributed by atoms with van der Waals surface area (Å²) in [6.45, 7) is 5.30. The van der Waals surface area contributed by atoms with Gasteiger partial charge in [0.1, 0.15) is 5.82 Å². The summed E-state index contributed by atoms with van der Waals surface area (Å²) in [7, 11) is 0. The number of hydrogen-bond acceptors (Lipinski definition) is 4. The second kappa shape index (κ2) is 7.91. The fraction of sp³-hybridized carbons (Fsp3) is 0.400. The molecule has 2 aromatic rings. The molecule has 0 radical (unpaired) electrons. The topological polar surface area (TPSA) is 71.2 Å². The summed E-state index contributed by atoms with van der Waals surface area (Å²) in [5.74, 6) is 0.940. The molecule has 1 aliphatic heterocycles. The molecule has 2 aromatic heterocycles. The monoisotopic (exact) mass is 322 g/mol. The van der Waals surface area contributed by atoms with E-state index in [9.17, 15) is 0 Å². The number of rotatable bonds is 3. The van der Waals surface area contributed by atoms with Gasteiger partial charge >= 0.3 is 0 Å². The molecule has 1 aliphatic rings. The Kier molecular flexibility index (Phi) is 5.91. The van der Waals surface area contributed by atoms with Crippen molar-refractivity contribution in [2.24, 2.45) is 0 Å². The summed E-state index contributed by atoms with van der Waals surface area (Å²) in [4.78, 5) is 19.3. The minimum absolute atomic E-state index is 0.250. The van der Waals surface area contributed by atoms with Crippen molar-refractivity contribution in [1.82, 2.24) is 19.4 Å². The van der Waals surface area contributed by atoms with Gasteiger partial charge in [0, 0.05) is 49.5 Å². The SMILES string of the molecule is CCN1CCC(n2ccnc2-c2ccncc2Cl)C1.O=CO. The van der Waals surface area contributed by atoms with Gasteiger partial charge in [-0.25, -0.2) is 4.98 Å². The second-order valence-corrected chi connectivity index (χ2v) is 5.36. The highest BCUT2D eigenvalue weighted by Crippen LogP contribution is 2.30. The molecule has 1 fully saturated rings. The zero-order valence-electron chi connectivity index (χ0n) is 12.4. The number of nitrogens with zero attached hydrogens (tertiary/aromatic N) is 4. The summed E-state index contributed by atoms with van der Waals surface area (Å²) in [5, 5.41) is 7.54. The molecule has 118 valence electrons. The molecule has 0 saturated carbocycles. The minimum Gasteiger partial charge on any atom is -0.483 e. The van der Waals surface area contributed by atoms with E-state index in [2.05, 4.69) is 32.6 Å². The number of pyridine rings is 1. The fourth-order valence-corrected chi connectivity index (χ4v) is 2.90. The number of imidazole rings is 1. The Balaban J connectivity index is 0.000000545. The Morgan fingerprint density at radius 1 is 1.50 bits per heavy atom. The maximum absolute atomic E-state index is 8.36. The van der Waals surface area contributed by atoms with Gasteiger partial charge in [-0.05, 0) is 19.0 Å². The van der Waals surface area contributed by atoms with Crippen LogP contribution < -0.4 is 0 Å². The smallest absolute Gasteiger partial charge is 0.290 e. The molecule has 0 spiro atoms. The number of likely N-dealkylation sites (tertiary alicyclic amines) is 1. The maximum Gasteiger partial charge on any atom is 0.290 e. The lowest BCUT2D eigenvalue weighted by Crippen LogP contribution is -2.21. The average molecular weight is 323 g/mol. The fourth-order valence-electron chi connectivity index (χ4n) is 2.70. The van der Waals surface area contributed by atoms with Crippen molar-refractivity contribution in [3.8, 4) is 11.4 Å². The molecule has 1 N–H and O–H groups in total. The van der Waals surface area contributed by atoms with E-state index in [1.165, 1.54) is 6.42 Å². The van der Waals surface area contributed by atoms with Crippen LogP contribution >= 0.6 is 11.6 Å². The Bertz CT molecular complexity index is 617. The number of halogens is 1. The van der Waals surface area contributed by atoms with Crippen LogP contribution in [0.3, 0.4) is 0 Å². The zero-order chi connectivity index (χ0) is 15.9. The van der Waals surface area contributed by atoms with Crippen molar-refractivity contribution >= 4 is 18.1 Å². The molecular formula is C15H19ClN4O2. The lowest BCUT2D eigenvalue weighted by molar-refractivity contribution is -0.122. The van der Waals surface area contributed by atoms with E-state index in [0.717, 1.165) is 31.0 Å². The second-order valence-electron chi connectivity index (χ2n) is 4.95. The highest BCUT2D eigenvalue weighted by molar-refractivity contribution is 6.33. The van der Waals surface area contributed by atoms with Crippen molar-refractivity contribution in [2.75, 3.05) is 19.6 Å². The van der Waals surface area contributed by atoms with Crippen molar-refractivity contribution in [3.05, 3.63) is 35.9 Å². The maximum atomic E-state index is 8.36. The molecule has 1 saturated heterocycles. The standard InChI is InChI=1S/C14H17ClN4.CH2O2/c1-2-18-7-4-11(10-18)19-8-6-17-14(19)12-3-5-16-9-13(12)15;2-1-3/h3,5-6,8-9,11H,2,4,7,10H2,1H3;1H,(H,2,3). The molecule has 1 atom stereocenters. The number of carbonyl (C=O) groups is 1. The lowest BCUT2D eigenvalue weighted by atomic mass is 10.2. The predicted molar refractivity (Wildman–Crippen MR) is 84.9 cm³/mol. The molecule has 0 amide bonds. The highest BCUT2D eigenvalue weighted by Gasteiger charge is 2.24. The van der Waals surface area contributed by atoms with Gasteiger partial charge in [-0.2, -0.15) is 0 Å². The van der Waals surface area contributed by atoms with Gasteiger partial charge in [-0.1, -0.05) is 18.5 Å². The van der Waals surface area contributed by atoms with E-state index < -0.39 is 0 Å². The number of likely N-dealkylation sites (N-methyl/N-ethyl adjacent to an activating group) is 1. The van der Waals surface area contributed by atoms with E-state index in [-0.39, 0.29) is 6.47 Å². The van der Waals surface area contributed by atoms with Crippen LogP contribution in [-0.4, -0.2) is 50.6 Å². The molecule has 7 heteroatoms. The Labute approximate surface area is 134 Å². The Hall–Kier alpha value is -1.92. The van der Waals surface area contributed by atoms with Crippen molar-refractivity contribution in [1.29, 1.82) is 0 Å². The van der Waals surface area contributed by atoms with Gasteiger partial charge in [0.2, 0.25) is 0 Å². The van der Waals surface area contributed by atoms with Crippen LogP contribution in [0, 0.1) is 0 Å². The number of aromatic nitrogens is 3. The average Bonchev–Trinajstić information content (AvgIpc) is 3.17. The summed E-state index contributed by atoms with van der Waals surface area (Å²) in [5.41, 5.74) is 0.955. The Morgan fingerprint density at radius 3 is 2.91 bits per heavy atom. The molecule has 1 unspecified atom stereocenters. The molecule has 0 bridgehead atoms. The lowest BCUT2D eigenvalue weighted by Gasteiger charge is -2.17. The number of carboxylic acid groups (broad SMARTS) is 1. The highest BCUT2D eigenvalue weighted by atomic mass is 35.5. The number of hydrogen-bond donors (Lipinski definition) is 1. The normalized spacial score (nSPS) is 17.8. The molecular weight excluding hydrogens is 304 g/mol. The van der Waals surface area contributed by atoms with Crippen molar-refractivity contribution in [2.45, 2.75) is 19.4 Å². The first-order chi connectivity index (χ1) is 10.7. The molecule has 0 aliphatic carbocycles. The van der Waals surface area contributed by atoms with Gasteiger partial charge in [-0.3, -0.25) is 9.78 Å². The Morgan fingerprint density at radius 2 is 2.27 bits per heavy atom. The molecule has 3 heterocycles. The van der Waals surface area contributed by atoms with Gasteiger partial charge in [-0.15, -0.1) is 0 Å². The minimum atomic E-state index is -0.250. The third kappa shape index (κ3) is 3.64. The first kappa shape index (κ1) is 16.5. The van der Waals surface area contributed by atoms with Gasteiger partial charge in [0.25, 0.3) is 6.47 Å².